The summed E-state index contributed by atoms with van der Waals surface area (Å²) in [5.74, 6) is 2.91. The highest BCUT2D eigenvalue weighted by molar-refractivity contribution is 7.80. The number of rotatable bonds is 21. The highest BCUT2D eigenvalue weighted by Gasteiger charge is 2.56. The Balaban J connectivity index is 0.000000395. The van der Waals surface area contributed by atoms with Crippen molar-refractivity contribution in [1.82, 2.24) is 29.4 Å². The predicted octanol–water partition coefficient (Wildman–Crippen LogP) is 3.32. The summed E-state index contributed by atoms with van der Waals surface area (Å²) in [6.07, 6.45) is 9.39. The van der Waals surface area contributed by atoms with Crippen molar-refractivity contribution in [1.29, 1.82) is 0 Å². The average molecular weight is 601 g/mol. The fourth-order valence-electron chi connectivity index (χ4n) is 6.04. The van der Waals surface area contributed by atoms with Gasteiger partial charge < -0.3 is 14.7 Å². The third kappa shape index (κ3) is 11.7. The lowest BCUT2D eigenvalue weighted by molar-refractivity contribution is 0.253. The molecule has 0 heterocycles. The number of nitrogens with zero attached hydrogens (tertiary/aromatic N) is 6. The van der Waals surface area contributed by atoms with E-state index in [1.165, 1.54) is 0 Å². The van der Waals surface area contributed by atoms with E-state index in [2.05, 4.69) is 129 Å². The minimum Gasteiger partial charge on any atom is -0.300 e. The zero-order valence-corrected chi connectivity index (χ0v) is 28.5. The molecule has 39 heavy (non-hydrogen) atoms. The van der Waals surface area contributed by atoms with Gasteiger partial charge >= 0.3 is 0 Å². The Hall–Kier alpha value is 0.0300. The molecule has 0 aromatic carbocycles. The lowest BCUT2D eigenvalue weighted by Crippen LogP contribution is -2.32. The van der Waals surface area contributed by atoms with Gasteiger partial charge in [-0.15, -0.1) is 19.7 Å². The van der Waals surface area contributed by atoms with Crippen LogP contribution in [-0.2, 0) is 0 Å². The normalized spacial score (nSPS) is 25.9. The first-order chi connectivity index (χ1) is 18.7. The van der Waals surface area contributed by atoms with Crippen LogP contribution < -0.4 is 0 Å². The van der Waals surface area contributed by atoms with Gasteiger partial charge in [-0.05, 0) is 98.4 Å². The molecule has 228 valence electrons. The van der Waals surface area contributed by atoms with Crippen molar-refractivity contribution in [2.45, 2.75) is 55.5 Å². The Morgan fingerprint density at radius 1 is 0.436 bits per heavy atom. The first-order valence-corrected chi connectivity index (χ1v) is 16.4. The molecule has 0 bridgehead atoms. The summed E-state index contributed by atoms with van der Waals surface area (Å²) >= 11 is 13.0. The van der Waals surface area contributed by atoms with Crippen molar-refractivity contribution in [3.63, 3.8) is 0 Å². The van der Waals surface area contributed by atoms with Crippen molar-refractivity contribution >= 4 is 37.9 Å². The molecule has 0 saturated heterocycles. The van der Waals surface area contributed by atoms with Crippen molar-refractivity contribution < 1.29 is 0 Å². The first-order valence-electron chi connectivity index (χ1n) is 14.5. The zero-order chi connectivity index (χ0) is 29.5. The molecule has 0 aliphatic heterocycles. The lowest BCUT2D eigenvalue weighted by Gasteiger charge is -2.20. The molecule has 2 rings (SSSR count). The SMILES string of the molecule is C=CCN(C)C1C(N(C)CC=C)C1N(C)CC=C.CN(CCCS)C1C(N(C)CCCS)C1N(C)CCCS. The molecule has 0 radical (unpaired) electrons. The van der Waals surface area contributed by atoms with Crippen LogP contribution in [0.5, 0.6) is 0 Å². The summed E-state index contributed by atoms with van der Waals surface area (Å²) in [6.45, 7) is 17.7. The van der Waals surface area contributed by atoms with Gasteiger partial charge in [-0.1, -0.05) is 18.2 Å². The maximum atomic E-state index is 4.34. The number of hydrogen-bond acceptors (Lipinski definition) is 9. The summed E-state index contributed by atoms with van der Waals surface area (Å²) in [5.41, 5.74) is 0. The van der Waals surface area contributed by atoms with Gasteiger partial charge in [0.1, 0.15) is 0 Å². The van der Waals surface area contributed by atoms with Gasteiger partial charge in [0, 0.05) is 55.9 Å². The van der Waals surface area contributed by atoms with Crippen LogP contribution in [0.15, 0.2) is 38.0 Å². The third-order valence-corrected chi connectivity index (χ3v) is 9.08. The number of likely N-dealkylation sites (N-methyl/N-ethyl adjacent to an activating group) is 6. The van der Waals surface area contributed by atoms with Crippen molar-refractivity contribution in [3.8, 4) is 0 Å². The van der Waals surface area contributed by atoms with E-state index in [1.54, 1.807) is 0 Å². The fraction of sp³-hybridized carbons (Fsp3) is 0.800. The molecular formula is C30H60N6S3. The van der Waals surface area contributed by atoms with E-state index in [0.717, 1.165) is 75.8 Å². The molecular weight excluding hydrogens is 541 g/mol. The molecule has 0 aromatic rings. The molecule has 0 aromatic heterocycles. The molecule has 2 aliphatic rings. The second kappa shape index (κ2) is 20.0. The Morgan fingerprint density at radius 3 is 0.821 bits per heavy atom. The minimum atomic E-state index is 0.568. The lowest BCUT2D eigenvalue weighted by atomic mass is 10.4. The van der Waals surface area contributed by atoms with E-state index < -0.39 is 0 Å². The van der Waals surface area contributed by atoms with Crippen LogP contribution >= 0.6 is 37.9 Å². The van der Waals surface area contributed by atoms with Gasteiger partial charge in [-0.2, -0.15) is 37.9 Å². The molecule has 2 aliphatic carbocycles. The Labute approximate surface area is 258 Å². The maximum absolute atomic E-state index is 4.34. The fourth-order valence-corrected chi connectivity index (χ4v) is 6.47. The van der Waals surface area contributed by atoms with Crippen LogP contribution in [0.3, 0.4) is 0 Å². The van der Waals surface area contributed by atoms with E-state index >= 15 is 0 Å². The predicted molar refractivity (Wildman–Crippen MR) is 185 cm³/mol. The van der Waals surface area contributed by atoms with Gasteiger partial charge in [0.05, 0.1) is 0 Å². The second-order valence-corrected chi connectivity index (χ2v) is 12.6. The molecule has 0 unspecified atom stereocenters. The van der Waals surface area contributed by atoms with Gasteiger partial charge in [-0.3, -0.25) is 14.7 Å². The number of hydrogen-bond donors (Lipinski definition) is 3. The summed E-state index contributed by atoms with van der Waals surface area (Å²) in [7, 11) is 13.3. The topological polar surface area (TPSA) is 19.4 Å². The van der Waals surface area contributed by atoms with E-state index in [9.17, 15) is 0 Å². The van der Waals surface area contributed by atoms with Crippen LogP contribution in [0.1, 0.15) is 19.3 Å². The Bertz CT molecular complexity index is 595. The van der Waals surface area contributed by atoms with Crippen molar-refractivity contribution in [3.05, 3.63) is 38.0 Å². The highest BCUT2D eigenvalue weighted by atomic mass is 32.1. The van der Waals surface area contributed by atoms with E-state index in [-0.39, 0.29) is 0 Å². The highest BCUT2D eigenvalue weighted by Crippen LogP contribution is 2.37. The molecule has 0 spiro atoms. The van der Waals surface area contributed by atoms with Gasteiger partial charge in [0.2, 0.25) is 0 Å². The molecule has 0 amide bonds. The summed E-state index contributed by atoms with van der Waals surface area (Å²) in [5, 5.41) is 0. The molecule has 0 atom stereocenters. The van der Waals surface area contributed by atoms with Gasteiger partial charge in [0.15, 0.2) is 0 Å². The Morgan fingerprint density at radius 2 is 0.641 bits per heavy atom. The monoisotopic (exact) mass is 600 g/mol. The largest absolute Gasteiger partial charge is 0.300 e. The van der Waals surface area contributed by atoms with Crippen molar-refractivity contribution in [2.75, 3.05) is 98.8 Å². The van der Waals surface area contributed by atoms with Crippen LogP contribution in [0.2, 0.25) is 0 Å². The minimum absolute atomic E-state index is 0.568. The van der Waals surface area contributed by atoms with E-state index in [1.807, 2.05) is 18.2 Å². The van der Waals surface area contributed by atoms with Crippen molar-refractivity contribution in [2.24, 2.45) is 0 Å². The third-order valence-electron chi connectivity index (χ3n) is 8.13. The summed E-state index contributed by atoms with van der Waals surface area (Å²) < 4.78 is 0. The summed E-state index contributed by atoms with van der Waals surface area (Å²) in [4.78, 5) is 14.7. The number of thiol groups is 3. The van der Waals surface area contributed by atoms with Gasteiger partial charge in [0.25, 0.3) is 0 Å². The quantitative estimate of drug-likeness (QED) is 0.138. The standard InChI is InChI=1S/C15H33N3S3.C15H27N3/c1-16(7-4-10-19)13-14(17(2)8-5-11-20)15(13)18(3)9-6-12-21;1-7-10-16(4)13-14(17(5)11-8-2)15(13)18(6)12-9-3/h13-15,19-21H,4-12H2,1-3H3;7-9,13-15H,1-3,10-12H2,4-6H3. The smallest absolute Gasteiger partial charge is 0.0439 e. The zero-order valence-electron chi connectivity index (χ0n) is 25.8. The molecule has 9 heteroatoms. The molecule has 2 fully saturated rings. The maximum Gasteiger partial charge on any atom is 0.0439 e. The second-order valence-electron chi connectivity index (χ2n) is 11.3. The first kappa shape index (κ1) is 37.1. The van der Waals surface area contributed by atoms with E-state index in [0.29, 0.717) is 36.3 Å². The van der Waals surface area contributed by atoms with Crippen LogP contribution in [0.25, 0.3) is 0 Å². The Kier molecular flexibility index (Phi) is 19.0. The van der Waals surface area contributed by atoms with Gasteiger partial charge in [-0.25, -0.2) is 0 Å². The average Bonchev–Trinajstić information content (AvgIpc) is 3.82. The molecule has 2 saturated carbocycles. The summed E-state index contributed by atoms with van der Waals surface area (Å²) in [6, 6.07) is 3.66. The van der Waals surface area contributed by atoms with E-state index in [4.69, 9.17) is 0 Å². The van der Waals surface area contributed by atoms with Crippen LogP contribution in [0, 0.1) is 0 Å². The molecule has 0 N–H and O–H groups in total. The van der Waals surface area contributed by atoms with Crippen LogP contribution in [-0.4, -0.2) is 164 Å². The molecule has 6 nitrogen and oxygen atoms in total. The van der Waals surface area contributed by atoms with Crippen LogP contribution in [0.4, 0.5) is 0 Å².